The van der Waals surface area contributed by atoms with Crippen LogP contribution in [0.15, 0.2) is 0 Å². The molecular weight excluding hydrogens is 152 g/mol. The maximum absolute atomic E-state index is 10.9. The Labute approximate surface area is 74.0 Å². The molecule has 0 aromatic carbocycles. The predicted molar refractivity (Wildman–Crippen MR) is 47.9 cm³/mol. The van der Waals surface area contributed by atoms with Gasteiger partial charge in [0.2, 0.25) is 0 Å². The van der Waals surface area contributed by atoms with E-state index in [-0.39, 0.29) is 5.92 Å². The van der Waals surface area contributed by atoms with E-state index in [9.17, 15) is 4.79 Å². The SMILES string of the molecule is CC(C)C1CCC(C)[C@H]1C(=O)O. The second kappa shape index (κ2) is 3.46. The van der Waals surface area contributed by atoms with Crippen molar-refractivity contribution in [3.05, 3.63) is 0 Å². The molecular formula is C10H18O2. The lowest BCUT2D eigenvalue weighted by Crippen LogP contribution is -2.26. The van der Waals surface area contributed by atoms with Crippen molar-refractivity contribution in [1.82, 2.24) is 0 Å². The minimum atomic E-state index is -0.598. The van der Waals surface area contributed by atoms with Crippen molar-refractivity contribution in [2.24, 2.45) is 23.7 Å². The number of carboxylic acids is 1. The maximum atomic E-state index is 10.9. The van der Waals surface area contributed by atoms with Crippen LogP contribution in [0.3, 0.4) is 0 Å². The van der Waals surface area contributed by atoms with Gasteiger partial charge in [-0.2, -0.15) is 0 Å². The first-order valence-electron chi connectivity index (χ1n) is 4.76. The van der Waals surface area contributed by atoms with Gasteiger partial charge in [0.25, 0.3) is 0 Å². The fourth-order valence-corrected chi connectivity index (χ4v) is 2.41. The number of carboxylic acid groups (broad SMARTS) is 1. The van der Waals surface area contributed by atoms with Gasteiger partial charge >= 0.3 is 5.97 Å². The summed E-state index contributed by atoms with van der Waals surface area (Å²) >= 11 is 0. The smallest absolute Gasteiger partial charge is 0.307 e. The largest absolute Gasteiger partial charge is 0.481 e. The van der Waals surface area contributed by atoms with Gasteiger partial charge in [0, 0.05) is 0 Å². The summed E-state index contributed by atoms with van der Waals surface area (Å²) in [7, 11) is 0. The number of carbonyl (C=O) groups is 1. The number of rotatable bonds is 2. The molecule has 0 bridgehead atoms. The first-order valence-corrected chi connectivity index (χ1v) is 4.76. The molecule has 3 atom stereocenters. The summed E-state index contributed by atoms with van der Waals surface area (Å²) in [6.45, 7) is 6.30. The number of aliphatic carboxylic acids is 1. The minimum absolute atomic E-state index is 0.0926. The Kier molecular flexibility index (Phi) is 2.76. The van der Waals surface area contributed by atoms with Gasteiger partial charge in [-0.05, 0) is 30.6 Å². The Morgan fingerprint density at radius 2 is 2.00 bits per heavy atom. The third-order valence-corrected chi connectivity index (χ3v) is 3.17. The van der Waals surface area contributed by atoms with Gasteiger partial charge in [-0.1, -0.05) is 20.8 Å². The molecule has 0 saturated heterocycles. The van der Waals surface area contributed by atoms with E-state index in [2.05, 4.69) is 20.8 Å². The molecule has 1 aliphatic rings. The van der Waals surface area contributed by atoms with Gasteiger partial charge < -0.3 is 5.11 Å². The van der Waals surface area contributed by atoms with Gasteiger partial charge in [-0.25, -0.2) is 0 Å². The monoisotopic (exact) mass is 170 g/mol. The van der Waals surface area contributed by atoms with Crippen LogP contribution < -0.4 is 0 Å². The third kappa shape index (κ3) is 1.62. The van der Waals surface area contributed by atoms with Gasteiger partial charge in [0.15, 0.2) is 0 Å². The summed E-state index contributed by atoms with van der Waals surface area (Å²) in [6.07, 6.45) is 2.18. The average molecular weight is 170 g/mol. The summed E-state index contributed by atoms with van der Waals surface area (Å²) in [5.74, 6) is 0.590. The van der Waals surface area contributed by atoms with Crippen molar-refractivity contribution in [2.75, 3.05) is 0 Å². The molecule has 1 fully saturated rings. The first kappa shape index (κ1) is 9.56. The van der Waals surface area contributed by atoms with Crippen molar-refractivity contribution in [1.29, 1.82) is 0 Å². The van der Waals surface area contributed by atoms with E-state index in [4.69, 9.17) is 5.11 Å². The molecule has 12 heavy (non-hydrogen) atoms. The summed E-state index contributed by atoms with van der Waals surface area (Å²) in [6, 6.07) is 0. The number of hydrogen-bond acceptors (Lipinski definition) is 1. The van der Waals surface area contributed by atoms with Gasteiger partial charge in [0.05, 0.1) is 5.92 Å². The third-order valence-electron chi connectivity index (χ3n) is 3.17. The van der Waals surface area contributed by atoms with Gasteiger partial charge in [-0.15, -0.1) is 0 Å². The van der Waals surface area contributed by atoms with E-state index in [0.29, 0.717) is 17.8 Å². The highest BCUT2D eigenvalue weighted by Crippen LogP contribution is 2.40. The zero-order valence-corrected chi connectivity index (χ0v) is 8.08. The molecule has 2 heteroatoms. The van der Waals surface area contributed by atoms with Crippen molar-refractivity contribution in [2.45, 2.75) is 33.6 Å². The van der Waals surface area contributed by atoms with Crippen molar-refractivity contribution < 1.29 is 9.90 Å². The Bertz CT molecular complexity index is 175. The van der Waals surface area contributed by atoms with Crippen molar-refractivity contribution in [3.8, 4) is 0 Å². The molecule has 0 aromatic rings. The Hall–Kier alpha value is -0.530. The molecule has 0 aromatic heterocycles. The van der Waals surface area contributed by atoms with E-state index in [1.165, 1.54) is 0 Å². The normalized spacial score (nSPS) is 35.8. The summed E-state index contributed by atoms with van der Waals surface area (Å²) < 4.78 is 0. The molecule has 0 amide bonds. The lowest BCUT2D eigenvalue weighted by molar-refractivity contribution is -0.144. The molecule has 0 heterocycles. The molecule has 1 rings (SSSR count). The molecule has 1 saturated carbocycles. The average Bonchev–Trinajstić information content (AvgIpc) is 2.30. The van der Waals surface area contributed by atoms with Crippen LogP contribution >= 0.6 is 0 Å². The highest BCUT2D eigenvalue weighted by atomic mass is 16.4. The molecule has 2 unspecified atom stereocenters. The van der Waals surface area contributed by atoms with Gasteiger partial charge in [-0.3, -0.25) is 4.79 Å². The molecule has 1 N–H and O–H groups in total. The van der Waals surface area contributed by atoms with E-state index in [0.717, 1.165) is 12.8 Å². The lowest BCUT2D eigenvalue weighted by Gasteiger charge is -2.21. The second-order valence-corrected chi connectivity index (χ2v) is 4.33. The number of hydrogen-bond donors (Lipinski definition) is 1. The van der Waals surface area contributed by atoms with Crippen LogP contribution in [0.2, 0.25) is 0 Å². The Morgan fingerprint density at radius 3 is 2.33 bits per heavy atom. The molecule has 0 aliphatic heterocycles. The minimum Gasteiger partial charge on any atom is -0.481 e. The van der Waals surface area contributed by atoms with E-state index >= 15 is 0 Å². The summed E-state index contributed by atoms with van der Waals surface area (Å²) in [5.41, 5.74) is 0. The fourth-order valence-electron chi connectivity index (χ4n) is 2.41. The second-order valence-electron chi connectivity index (χ2n) is 4.33. The zero-order chi connectivity index (χ0) is 9.30. The van der Waals surface area contributed by atoms with Crippen LogP contribution in [-0.4, -0.2) is 11.1 Å². The Morgan fingerprint density at radius 1 is 1.42 bits per heavy atom. The molecule has 70 valence electrons. The molecule has 0 spiro atoms. The highest BCUT2D eigenvalue weighted by Gasteiger charge is 2.39. The van der Waals surface area contributed by atoms with E-state index in [1.54, 1.807) is 0 Å². The van der Waals surface area contributed by atoms with Crippen molar-refractivity contribution >= 4 is 5.97 Å². The molecule has 0 radical (unpaired) electrons. The molecule has 2 nitrogen and oxygen atoms in total. The zero-order valence-electron chi connectivity index (χ0n) is 8.08. The van der Waals surface area contributed by atoms with Crippen LogP contribution in [0, 0.1) is 23.7 Å². The van der Waals surface area contributed by atoms with Crippen LogP contribution in [-0.2, 0) is 4.79 Å². The quantitative estimate of drug-likeness (QED) is 0.691. The van der Waals surface area contributed by atoms with Crippen LogP contribution in [0.1, 0.15) is 33.6 Å². The lowest BCUT2D eigenvalue weighted by atomic mass is 9.83. The first-order chi connectivity index (χ1) is 5.54. The highest BCUT2D eigenvalue weighted by molar-refractivity contribution is 5.71. The predicted octanol–water partition coefficient (Wildman–Crippen LogP) is 2.39. The van der Waals surface area contributed by atoms with Crippen LogP contribution in [0.25, 0.3) is 0 Å². The topological polar surface area (TPSA) is 37.3 Å². The van der Waals surface area contributed by atoms with Crippen LogP contribution in [0.4, 0.5) is 0 Å². The van der Waals surface area contributed by atoms with E-state index in [1.807, 2.05) is 0 Å². The van der Waals surface area contributed by atoms with E-state index < -0.39 is 5.97 Å². The standard InChI is InChI=1S/C10H18O2/c1-6(2)8-5-4-7(3)9(8)10(11)12/h6-9H,4-5H2,1-3H3,(H,11,12)/t7?,8?,9-/m1/s1. The molecule has 1 aliphatic carbocycles. The fraction of sp³-hybridized carbons (Fsp3) is 0.900. The van der Waals surface area contributed by atoms with Crippen LogP contribution in [0.5, 0.6) is 0 Å². The van der Waals surface area contributed by atoms with Crippen molar-refractivity contribution in [3.63, 3.8) is 0 Å². The maximum Gasteiger partial charge on any atom is 0.307 e. The summed E-state index contributed by atoms with van der Waals surface area (Å²) in [4.78, 5) is 10.9. The Balaban J connectivity index is 2.70. The summed E-state index contributed by atoms with van der Waals surface area (Å²) in [5, 5.41) is 9.00. The van der Waals surface area contributed by atoms with Gasteiger partial charge in [0.1, 0.15) is 0 Å².